The molecule has 0 amide bonds. The van der Waals surface area contributed by atoms with E-state index >= 15 is 0 Å². The van der Waals surface area contributed by atoms with Gasteiger partial charge in [-0.15, -0.1) is 0 Å². The molecule has 16 heavy (non-hydrogen) atoms. The molecule has 1 N–H and O–H groups in total. The van der Waals surface area contributed by atoms with Gasteiger partial charge in [-0.2, -0.15) is 0 Å². The Morgan fingerprint density at radius 3 is 2.56 bits per heavy atom. The Hall–Kier alpha value is -1.22. The van der Waals surface area contributed by atoms with Gasteiger partial charge in [0.25, 0.3) is 0 Å². The predicted octanol–water partition coefficient (Wildman–Crippen LogP) is 2.19. The highest BCUT2D eigenvalue weighted by molar-refractivity contribution is 5.45. The number of rotatable bonds is 4. The van der Waals surface area contributed by atoms with Crippen molar-refractivity contribution in [2.24, 2.45) is 5.92 Å². The molecule has 3 heteroatoms. The zero-order valence-corrected chi connectivity index (χ0v) is 9.93. The van der Waals surface area contributed by atoms with E-state index in [1.54, 1.807) is 14.2 Å². The van der Waals surface area contributed by atoms with Crippen LogP contribution in [0.4, 0.5) is 0 Å². The quantitative estimate of drug-likeness (QED) is 0.848. The third kappa shape index (κ3) is 2.00. The van der Waals surface area contributed by atoms with Gasteiger partial charge in [0.2, 0.25) is 0 Å². The maximum absolute atomic E-state index is 9.52. The number of aliphatic hydroxyl groups excluding tert-OH is 1. The third-order valence-corrected chi connectivity index (χ3v) is 3.30. The van der Waals surface area contributed by atoms with Crippen LogP contribution in [0, 0.1) is 5.92 Å². The highest BCUT2D eigenvalue weighted by atomic mass is 16.5. The lowest BCUT2D eigenvalue weighted by Crippen LogP contribution is -2.04. The lowest BCUT2D eigenvalue weighted by atomic mass is 10.1. The minimum atomic E-state index is -0.239. The van der Waals surface area contributed by atoms with E-state index in [0.29, 0.717) is 11.8 Å². The van der Waals surface area contributed by atoms with Gasteiger partial charge in [0.1, 0.15) is 11.5 Å². The lowest BCUT2D eigenvalue weighted by Gasteiger charge is -2.10. The van der Waals surface area contributed by atoms with Gasteiger partial charge in [-0.25, -0.2) is 0 Å². The molecule has 1 saturated carbocycles. The molecule has 1 aromatic carbocycles. The van der Waals surface area contributed by atoms with Gasteiger partial charge < -0.3 is 14.6 Å². The number of methoxy groups -OCH3 is 2. The summed E-state index contributed by atoms with van der Waals surface area (Å²) in [5.74, 6) is 2.46. The predicted molar refractivity (Wildman–Crippen MR) is 62.1 cm³/mol. The zero-order chi connectivity index (χ0) is 11.7. The second-order valence-electron chi connectivity index (χ2n) is 4.35. The Balaban J connectivity index is 2.22. The van der Waals surface area contributed by atoms with Crippen LogP contribution < -0.4 is 9.47 Å². The average molecular weight is 222 g/mol. The summed E-state index contributed by atoms with van der Waals surface area (Å²) < 4.78 is 10.5. The highest BCUT2D eigenvalue weighted by Crippen LogP contribution is 2.52. The van der Waals surface area contributed by atoms with Gasteiger partial charge in [-0.05, 0) is 36.8 Å². The summed E-state index contributed by atoms with van der Waals surface area (Å²) >= 11 is 0. The van der Waals surface area contributed by atoms with Crippen LogP contribution in [-0.2, 0) is 0 Å². The summed E-state index contributed by atoms with van der Waals surface area (Å²) in [6.45, 7) is 1.85. The SMILES string of the molecule is COc1ccc(C2CC2C(C)O)c(OC)c1. The van der Waals surface area contributed by atoms with Crippen molar-refractivity contribution in [1.82, 2.24) is 0 Å². The first-order valence-corrected chi connectivity index (χ1v) is 5.57. The van der Waals surface area contributed by atoms with E-state index in [2.05, 4.69) is 0 Å². The Kier molecular flexibility index (Phi) is 3.06. The molecule has 1 aromatic rings. The van der Waals surface area contributed by atoms with E-state index in [-0.39, 0.29) is 6.10 Å². The fraction of sp³-hybridized carbons (Fsp3) is 0.538. The van der Waals surface area contributed by atoms with Crippen LogP contribution in [0.3, 0.4) is 0 Å². The largest absolute Gasteiger partial charge is 0.497 e. The maximum atomic E-state index is 9.52. The van der Waals surface area contributed by atoms with Crippen LogP contribution in [0.2, 0.25) is 0 Å². The first kappa shape index (κ1) is 11.3. The van der Waals surface area contributed by atoms with E-state index in [4.69, 9.17) is 9.47 Å². The van der Waals surface area contributed by atoms with Gasteiger partial charge in [-0.3, -0.25) is 0 Å². The van der Waals surface area contributed by atoms with Crippen molar-refractivity contribution in [2.75, 3.05) is 14.2 Å². The maximum Gasteiger partial charge on any atom is 0.126 e. The summed E-state index contributed by atoms with van der Waals surface area (Å²) in [7, 11) is 3.31. The van der Waals surface area contributed by atoms with Crippen LogP contribution in [0.15, 0.2) is 18.2 Å². The van der Waals surface area contributed by atoms with Crippen molar-refractivity contribution in [3.63, 3.8) is 0 Å². The highest BCUT2D eigenvalue weighted by Gasteiger charge is 2.42. The summed E-state index contributed by atoms with van der Waals surface area (Å²) in [5, 5.41) is 9.52. The smallest absolute Gasteiger partial charge is 0.126 e. The molecule has 0 saturated heterocycles. The molecule has 1 aliphatic carbocycles. The third-order valence-electron chi connectivity index (χ3n) is 3.30. The van der Waals surface area contributed by atoms with E-state index in [9.17, 15) is 5.11 Å². The van der Waals surface area contributed by atoms with E-state index in [0.717, 1.165) is 17.9 Å². The topological polar surface area (TPSA) is 38.7 Å². The molecule has 3 unspecified atom stereocenters. The van der Waals surface area contributed by atoms with Crippen molar-refractivity contribution in [3.8, 4) is 11.5 Å². The first-order valence-electron chi connectivity index (χ1n) is 5.57. The number of hydrogen-bond donors (Lipinski definition) is 1. The molecule has 0 spiro atoms. The second-order valence-corrected chi connectivity index (χ2v) is 4.35. The lowest BCUT2D eigenvalue weighted by molar-refractivity contribution is 0.168. The molecular weight excluding hydrogens is 204 g/mol. The summed E-state index contributed by atoms with van der Waals surface area (Å²) in [6.07, 6.45) is 0.803. The van der Waals surface area contributed by atoms with E-state index in [1.165, 1.54) is 5.56 Å². The summed E-state index contributed by atoms with van der Waals surface area (Å²) in [6, 6.07) is 5.87. The molecule has 3 atom stereocenters. The zero-order valence-electron chi connectivity index (χ0n) is 9.93. The van der Waals surface area contributed by atoms with Crippen LogP contribution in [0.25, 0.3) is 0 Å². The number of hydrogen-bond acceptors (Lipinski definition) is 3. The molecule has 3 nitrogen and oxygen atoms in total. The molecule has 1 aliphatic rings. The molecule has 1 fully saturated rings. The first-order chi connectivity index (χ1) is 7.67. The molecule has 2 rings (SSSR count). The second kappa shape index (κ2) is 4.34. The normalized spacial score (nSPS) is 25.0. The molecular formula is C13H18O3. The summed E-state index contributed by atoms with van der Waals surface area (Å²) in [4.78, 5) is 0. The Bertz CT molecular complexity index is 373. The van der Waals surface area contributed by atoms with Gasteiger partial charge >= 0.3 is 0 Å². The number of aliphatic hydroxyl groups is 1. The molecule has 0 bridgehead atoms. The summed E-state index contributed by atoms with van der Waals surface area (Å²) in [5.41, 5.74) is 1.18. The van der Waals surface area contributed by atoms with Crippen LogP contribution in [0.5, 0.6) is 11.5 Å². The molecule has 0 aliphatic heterocycles. The van der Waals surface area contributed by atoms with Crippen LogP contribution >= 0.6 is 0 Å². The minimum absolute atomic E-state index is 0.239. The average Bonchev–Trinajstić information content (AvgIpc) is 3.08. The van der Waals surface area contributed by atoms with Gasteiger partial charge in [0.05, 0.1) is 20.3 Å². The van der Waals surface area contributed by atoms with Crippen LogP contribution in [-0.4, -0.2) is 25.4 Å². The van der Waals surface area contributed by atoms with Gasteiger partial charge in [0, 0.05) is 6.07 Å². The number of benzene rings is 1. The van der Waals surface area contributed by atoms with E-state index in [1.807, 2.05) is 25.1 Å². The van der Waals surface area contributed by atoms with E-state index < -0.39 is 0 Å². The van der Waals surface area contributed by atoms with Crippen molar-refractivity contribution in [2.45, 2.75) is 25.4 Å². The van der Waals surface area contributed by atoms with Gasteiger partial charge in [0.15, 0.2) is 0 Å². The Labute approximate surface area is 96.0 Å². The molecule has 0 radical (unpaired) electrons. The number of ether oxygens (including phenoxy) is 2. The minimum Gasteiger partial charge on any atom is -0.497 e. The van der Waals surface area contributed by atoms with Crippen molar-refractivity contribution < 1.29 is 14.6 Å². The Morgan fingerprint density at radius 1 is 1.31 bits per heavy atom. The van der Waals surface area contributed by atoms with Crippen molar-refractivity contribution >= 4 is 0 Å². The van der Waals surface area contributed by atoms with Gasteiger partial charge in [-0.1, -0.05) is 6.07 Å². The monoisotopic (exact) mass is 222 g/mol. The molecule has 0 aromatic heterocycles. The fourth-order valence-electron chi connectivity index (χ4n) is 2.23. The Morgan fingerprint density at radius 2 is 2.06 bits per heavy atom. The van der Waals surface area contributed by atoms with Crippen molar-refractivity contribution in [3.05, 3.63) is 23.8 Å². The fourth-order valence-corrected chi connectivity index (χ4v) is 2.23. The standard InChI is InChI=1S/C13H18O3/c1-8(14)11-7-12(11)10-5-4-9(15-2)6-13(10)16-3/h4-6,8,11-12,14H,7H2,1-3H3. The molecule has 88 valence electrons. The van der Waals surface area contributed by atoms with Crippen LogP contribution in [0.1, 0.15) is 24.8 Å². The van der Waals surface area contributed by atoms with Crippen molar-refractivity contribution in [1.29, 1.82) is 0 Å². The molecule has 0 heterocycles.